The van der Waals surface area contributed by atoms with Gasteiger partial charge in [0.2, 0.25) is 0 Å². The number of methoxy groups -OCH3 is 2. The molecule has 0 aliphatic carbocycles. The highest BCUT2D eigenvalue weighted by atomic mass is 16.5. The molecule has 2 aromatic carbocycles. The maximum Gasteiger partial charge on any atom is 0.333 e. The van der Waals surface area contributed by atoms with Gasteiger partial charge >= 0.3 is 12.0 Å². The highest BCUT2D eigenvalue weighted by molar-refractivity contribution is 5.84. The number of nitrogens with one attached hydrogen (secondary N) is 2. The molecule has 0 radical (unpaired) electrons. The smallest absolute Gasteiger partial charge is 0.333 e. The highest BCUT2D eigenvalue weighted by Gasteiger charge is 2.29. The van der Waals surface area contributed by atoms with E-state index in [0.29, 0.717) is 18.7 Å². The molecule has 1 saturated heterocycles. The van der Waals surface area contributed by atoms with Crippen molar-refractivity contribution in [3.8, 4) is 17.0 Å². The molecule has 0 bridgehead atoms. The second-order valence-electron chi connectivity index (χ2n) is 8.02. The molecule has 33 heavy (non-hydrogen) atoms. The number of hydrogen-bond acceptors (Lipinski definition) is 5. The van der Waals surface area contributed by atoms with Gasteiger partial charge in [-0.05, 0) is 36.6 Å². The van der Waals surface area contributed by atoms with Crippen molar-refractivity contribution in [2.75, 3.05) is 27.3 Å². The number of aromatic nitrogens is 2. The Morgan fingerprint density at radius 3 is 2.52 bits per heavy atom. The van der Waals surface area contributed by atoms with Gasteiger partial charge in [0.25, 0.3) is 0 Å². The molecule has 0 spiro atoms. The Kier molecular flexibility index (Phi) is 6.92. The summed E-state index contributed by atoms with van der Waals surface area (Å²) >= 11 is 0. The van der Waals surface area contributed by atoms with Crippen LogP contribution in [0.15, 0.2) is 60.7 Å². The number of benzene rings is 2. The van der Waals surface area contributed by atoms with E-state index in [0.717, 1.165) is 35.5 Å². The topological polar surface area (TPSA) is 96.6 Å². The van der Waals surface area contributed by atoms with E-state index in [-0.39, 0.29) is 11.9 Å². The van der Waals surface area contributed by atoms with Crippen molar-refractivity contribution in [1.82, 2.24) is 20.4 Å². The lowest BCUT2D eigenvalue weighted by Crippen LogP contribution is -2.47. The molecule has 0 saturated carbocycles. The van der Waals surface area contributed by atoms with E-state index >= 15 is 0 Å². The van der Waals surface area contributed by atoms with Gasteiger partial charge in [0.15, 0.2) is 6.04 Å². The van der Waals surface area contributed by atoms with Crippen LogP contribution < -0.4 is 10.1 Å². The lowest BCUT2D eigenvalue weighted by molar-refractivity contribution is -0.143. The summed E-state index contributed by atoms with van der Waals surface area (Å²) in [4.78, 5) is 26.9. The molecular weight excluding hydrogens is 420 g/mol. The molecule has 1 aromatic heterocycles. The van der Waals surface area contributed by atoms with Crippen LogP contribution in [-0.4, -0.2) is 54.4 Å². The molecular formula is C25H28N4O4. The lowest BCUT2D eigenvalue weighted by atomic mass is 9.93. The first-order chi connectivity index (χ1) is 16.1. The fourth-order valence-corrected chi connectivity index (χ4v) is 4.13. The minimum atomic E-state index is -0.834. The minimum absolute atomic E-state index is 0.269. The van der Waals surface area contributed by atoms with E-state index in [1.807, 2.05) is 42.5 Å². The zero-order valence-corrected chi connectivity index (χ0v) is 18.8. The summed E-state index contributed by atoms with van der Waals surface area (Å²) in [6, 6.07) is 17.9. The van der Waals surface area contributed by atoms with Crippen molar-refractivity contribution in [2.24, 2.45) is 0 Å². The predicted octanol–water partition coefficient (Wildman–Crippen LogP) is 3.89. The number of likely N-dealkylation sites (tertiary alicyclic amines) is 1. The summed E-state index contributed by atoms with van der Waals surface area (Å²) in [5, 5.41) is 10.5. The number of hydrogen-bond donors (Lipinski definition) is 2. The van der Waals surface area contributed by atoms with Crippen molar-refractivity contribution in [2.45, 2.75) is 24.8 Å². The van der Waals surface area contributed by atoms with Crippen molar-refractivity contribution in [3.63, 3.8) is 0 Å². The Labute approximate surface area is 192 Å². The maximum atomic E-state index is 12.9. The number of amides is 2. The van der Waals surface area contributed by atoms with Crippen LogP contribution in [0.5, 0.6) is 5.75 Å². The van der Waals surface area contributed by atoms with Gasteiger partial charge in [-0.2, -0.15) is 5.10 Å². The fourth-order valence-electron chi connectivity index (χ4n) is 4.13. The molecule has 2 N–H and O–H groups in total. The number of aromatic amines is 1. The average Bonchev–Trinajstić information content (AvgIpc) is 3.38. The SMILES string of the molecule is COC(=O)C(NC(=O)N1CCC(c2cc(-c3cccc(OC)c3)n[nH]2)CC1)c1ccccc1. The Balaban J connectivity index is 1.37. The van der Waals surface area contributed by atoms with E-state index in [2.05, 4.69) is 21.6 Å². The molecule has 3 aromatic rings. The highest BCUT2D eigenvalue weighted by Crippen LogP contribution is 2.30. The van der Waals surface area contributed by atoms with Crippen molar-refractivity contribution in [3.05, 3.63) is 71.9 Å². The third kappa shape index (κ3) is 5.16. The molecule has 4 rings (SSSR count). The second kappa shape index (κ2) is 10.2. The first kappa shape index (κ1) is 22.4. The van der Waals surface area contributed by atoms with Gasteiger partial charge in [0.1, 0.15) is 5.75 Å². The number of carbonyl (C=O) groups is 2. The summed E-state index contributed by atoms with van der Waals surface area (Å²) < 4.78 is 10.2. The van der Waals surface area contributed by atoms with Gasteiger partial charge < -0.3 is 19.7 Å². The quantitative estimate of drug-likeness (QED) is 0.558. The maximum absolute atomic E-state index is 12.9. The molecule has 8 nitrogen and oxygen atoms in total. The Morgan fingerprint density at radius 1 is 1.06 bits per heavy atom. The number of ether oxygens (including phenoxy) is 2. The van der Waals surface area contributed by atoms with Crippen LogP contribution in [0.4, 0.5) is 4.79 Å². The molecule has 2 amide bonds. The first-order valence-corrected chi connectivity index (χ1v) is 11.0. The van der Waals surface area contributed by atoms with Crippen LogP contribution in [0.1, 0.15) is 36.1 Å². The summed E-state index contributed by atoms with van der Waals surface area (Å²) in [5.41, 5.74) is 3.61. The number of rotatable bonds is 6. The van der Waals surface area contributed by atoms with Crippen LogP contribution in [0.2, 0.25) is 0 Å². The third-order valence-electron chi connectivity index (χ3n) is 6.02. The minimum Gasteiger partial charge on any atom is -0.497 e. The first-order valence-electron chi connectivity index (χ1n) is 11.0. The van der Waals surface area contributed by atoms with E-state index in [1.54, 1.807) is 24.1 Å². The largest absolute Gasteiger partial charge is 0.497 e. The molecule has 1 atom stereocenters. The van der Waals surface area contributed by atoms with Gasteiger partial charge in [-0.1, -0.05) is 42.5 Å². The number of nitrogens with zero attached hydrogens (tertiary/aromatic N) is 2. The van der Waals surface area contributed by atoms with Crippen LogP contribution in [0.25, 0.3) is 11.3 Å². The molecule has 172 valence electrons. The van der Waals surface area contributed by atoms with Crippen molar-refractivity contribution in [1.29, 1.82) is 0 Å². The van der Waals surface area contributed by atoms with E-state index in [1.165, 1.54) is 7.11 Å². The average molecular weight is 449 g/mol. The molecule has 8 heteroatoms. The van der Waals surface area contributed by atoms with Gasteiger partial charge in [0, 0.05) is 30.3 Å². The number of urea groups is 1. The van der Waals surface area contributed by atoms with Crippen molar-refractivity contribution >= 4 is 12.0 Å². The normalized spacial score (nSPS) is 15.0. The predicted molar refractivity (Wildman–Crippen MR) is 124 cm³/mol. The van der Waals surface area contributed by atoms with Gasteiger partial charge in [-0.3, -0.25) is 5.10 Å². The van der Waals surface area contributed by atoms with E-state index in [9.17, 15) is 9.59 Å². The monoisotopic (exact) mass is 448 g/mol. The van der Waals surface area contributed by atoms with E-state index < -0.39 is 12.0 Å². The summed E-state index contributed by atoms with van der Waals surface area (Å²) in [7, 11) is 2.96. The van der Waals surface area contributed by atoms with Crippen LogP contribution in [-0.2, 0) is 9.53 Å². The zero-order chi connectivity index (χ0) is 23.2. The molecule has 1 fully saturated rings. The van der Waals surface area contributed by atoms with Gasteiger partial charge in [-0.15, -0.1) is 0 Å². The number of carbonyl (C=O) groups excluding carboxylic acids is 2. The van der Waals surface area contributed by atoms with Crippen LogP contribution in [0, 0.1) is 0 Å². The summed E-state index contributed by atoms with van der Waals surface area (Å²) in [6.07, 6.45) is 1.61. The number of H-pyrrole nitrogens is 1. The Bertz CT molecular complexity index is 1090. The van der Waals surface area contributed by atoms with Crippen molar-refractivity contribution < 1.29 is 19.1 Å². The molecule has 1 aliphatic rings. The van der Waals surface area contributed by atoms with Gasteiger partial charge in [-0.25, -0.2) is 9.59 Å². The lowest BCUT2D eigenvalue weighted by Gasteiger charge is -2.32. The molecule has 2 heterocycles. The van der Waals surface area contributed by atoms with Crippen LogP contribution >= 0.6 is 0 Å². The zero-order valence-electron chi connectivity index (χ0n) is 18.8. The van der Waals surface area contributed by atoms with E-state index in [4.69, 9.17) is 9.47 Å². The summed E-state index contributed by atoms with van der Waals surface area (Å²) in [6.45, 7) is 1.18. The Hall–Kier alpha value is -3.81. The second-order valence-corrected chi connectivity index (χ2v) is 8.02. The number of esters is 1. The van der Waals surface area contributed by atoms with Crippen LogP contribution in [0.3, 0.4) is 0 Å². The van der Waals surface area contributed by atoms with Gasteiger partial charge in [0.05, 0.1) is 19.9 Å². The fraction of sp³-hybridized carbons (Fsp3) is 0.320. The number of piperidine rings is 1. The summed E-state index contributed by atoms with van der Waals surface area (Å²) in [5.74, 6) is 0.579. The standard InChI is InChI=1S/C25H28N4O4/c1-32-20-10-6-9-19(15-20)22-16-21(27-28-22)17-11-13-29(14-12-17)25(31)26-23(24(30)33-2)18-7-4-3-5-8-18/h3-10,15-17,23H,11-14H2,1-2H3,(H,26,31)(H,27,28). The molecule has 1 unspecified atom stereocenters. The third-order valence-corrected chi connectivity index (χ3v) is 6.02. The molecule has 1 aliphatic heterocycles. The Morgan fingerprint density at radius 2 is 1.82 bits per heavy atom.